The maximum atomic E-state index is 11.8. The number of hydrogen-bond donors (Lipinski definition) is 1. The standard InChI is InChI=1S/C11H20O4/c1-5-7-9(12)11(6-2,10(13)14)15-8(3)4/h8H,5-7H2,1-4H3,(H,13,14). The molecule has 0 saturated carbocycles. The molecule has 1 unspecified atom stereocenters. The summed E-state index contributed by atoms with van der Waals surface area (Å²) in [6.45, 7) is 6.96. The summed E-state index contributed by atoms with van der Waals surface area (Å²) in [7, 11) is 0. The number of carbonyl (C=O) groups excluding carboxylic acids is 1. The van der Waals surface area contributed by atoms with E-state index >= 15 is 0 Å². The Morgan fingerprint density at radius 2 is 1.87 bits per heavy atom. The lowest BCUT2D eigenvalue weighted by Gasteiger charge is -2.28. The quantitative estimate of drug-likeness (QED) is 0.661. The van der Waals surface area contributed by atoms with E-state index in [1.54, 1.807) is 20.8 Å². The predicted molar refractivity (Wildman–Crippen MR) is 56.8 cm³/mol. The van der Waals surface area contributed by atoms with Gasteiger partial charge in [-0.05, 0) is 26.7 Å². The van der Waals surface area contributed by atoms with Gasteiger partial charge in [-0.1, -0.05) is 13.8 Å². The first-order valence-electron chi connectivity index (χ1n) is 5.35. The zero-order valence-electron chi connectivity index (χ0n) is 9.87. The molecule has 1 N–H and O–H groups in total. The van der Waals surface area contributed by atoms with Crippen LogP contribution in [0.1, 0.15) is 47.0 Å². The molecule has 0 aromatic carbocycles. The van der Waals surface area contributed by atoms with Gasteiger partial charge in [0.25, 0.3) is 0 Å². The average molecular weight is 216 g/mol. The summed E-state index contributed by atoms with van der Waals surface area (Å²) in [5.74, 6) is -1.52. The lowest BCUT2D eigenvalue weighted by Crippen LogP contribution is -2.50. The van der Waals surface area contributed by atoms with E-state index in [4.69, 9.17) is 9.84 Å². The van der Waals surface area contributed by atoms with Gasteiger partial charge in [0.1, 0.15) is 0 Å². The molecule has 1 atom stereocenters. The number of rotatable bonds is 7. The first-order chi connectivity index (χ1) is 6.90. The largest absolute Gasteiger partial charge is 0.479 e. The zero-order valence-corrected chi connectivity index (χ0v) is 9.87. The van der Waals surface area contributed by atoms with Gasteiger partial charge >= 0.3 is 5.97 Å². The van der Waals surface area contributed by atoms with Gasteiger partial charge in [0.2, 0.25) is 5.60 Å². The lowest BCUT2D eigenvalue weighted by atomic mass is 9.92. The molecule has 0 fully saturated rings. The van der Waals surface area contributed by atoms with Crippen LogP contribution >= 0.6 is 0 Å². The van der Waals surface area contributed by atoms with Crippen molar-refractivity contribution in [3.63, 3.8) is 0 Å². The summed E-state index contributed by atoms with van der Waals surface area (Å²) in [5.41, 5.74) is -1.65. The van der Waals surface area contributed by atoms with Crippen LogP contribution in [0.3, 0.4) is 0 Å². The topological polar surface area (TPSA) is 63.6 Å². The molecular weight excluding hydrogens is 196 g/mol. The highest BCUT2D eigenvalue weighted by Gasteiger charge is 2.45. The van der Waals surface area contributed by atoms with Crippen LogP contribution in [0.25, 0.3) is 0 Å². The molecule has 15 heavy (non-hydrogen) atoms. The molecule has 0 aromatic heterocycles. The van der Waals surface area contributed by atoms with E-state index < -0.39 is 11.6 Å². The molecule has 0 aliphatic heterocycles. The molecule has 0 aliphatic rings. The van der Waals surface area contributed by atoms with E-state index in [0.717, 1.165) is 0 Å². The van der Waals surface area contributed by atoms with Crippen LogP contribution in [-0.2, 0) is 14.3 Å². The van der Waals surface area contributed by atoms with E-state index in [0.29, 0.717) is 6.42 Å². The number of carbonyl (C=O) groups is 2. The molecule has 0 aromatic rings. The van der Waals surface area contributed by atoms with Crippen LogP contribution in [0.4, 0.5) is 0 Å². The molecular formula is C11H20O4. The SMILES string of the molecule is CCCC(=O)C(CC)(OC(C)C)C(=O)O. The second-order valence-electron chi connectivity index (χ2n) is 3.83. The van der Waals surface area contributed by atoms with Gasteiger partial charge in [0.15, 0.2) is 5.78 Å². The van der Waals surface area contributed by atoms with E-state index in [1.165, 1.54) is 0 Å². The third kappa shape index (κ3) is 3.30. The third-order valence-corrected chi connectivity index (χ3v) is 2.21. The van der Waals surface area contributed by atoms with Gasteiger partial charge in [-0.3, -0.25) is 4.79 Å². The maximum absolute atomic E-state index is 11.8. The average Bonchev–Trinajstić information content (AvgIpc) is 2.13. The molecule has 0 aliphatic carbocycles. The van der Waals surface area contributed by atoms with Crippen molar-refractivity contribution in [2.75, 3.05) is 0 Å². The fraction of sp³-hybridized carbons (Fsp3) is 0.818. The summed E-state index contributed by atoms with van der Waals surface area (Å²) in [6, 6.07) is 0. The van der Waals surface area contributed by atoms with Crippen LogP contribution in [0.2, 0.25) is 0 Å². The Labute approximate surface area is 90.6 Å². The highest BCUT2D eigenvalue weighted by Crippen LogP contribution is 2.22. The molecule has 88 valence electrons. The van der Waals surface area contributed by atoms with Crippen molar-refractivity contribution in [1.82, 2.24) is 0 Å². The Bertz CT molecular complexity index is 235. The van der Waals surface area contributed by atoms with Crippen molar-refractivity contribution < 1.29 is 19.4 Å². The fourth-order valence-corrected chi connectivity index (χ4v) is 1.50. The van der Waals surface area contributed by atoms with Crippen molar-refractivity contribution in [3.05, 3.63) is 0 Å². The highest BCUT2D eigenvalue weighted by atomic mass is 16.5. The predicted octanol–water partition coefficient (Wildman–Crippen LogP) is 2.01. The van der Waals surface area contributed by atoms with Gasteiger partial charge in [-0.2, -0.15) is 0 Å². The summed E-state index contributed by atoms with van der Waals surface area (Å²) < 4.78 is 5.31. The van der Waals surface area contributed by atoms with Crippen LogP contribution in [-0.4, -0.2) is 28.6 Å². The van der Waals surface area contributed by atoms with Crippen LogP contribution in [0, 0.1) is 0 Å². The number of Topliss-reactive ketones (excluding diaryl/α,β-unsaturated/α-hetero) is 1. The summed E-state index contributed by atoms with van der Waals surface area (Å²) in [4.78, 5) is 22.9. The monoisotopic (exact) mass is 216 g/mol. The number of carboxylic acids is 1. The molecule has 4 nitrogen and oxygen atoms in total. The third-order valence-electron chi connectivity index (χ3n) is 2.21. The van der Waals surface area contributed by atoms with Crippen molar-refractivity contribution in [1.29, 1.82) is 0 Å². The first-order valence-corrected chi connectivity index (χ1v) is 5.35. The van der Waals surface area contributed by atoms with E-state index in [2.05, 4.69) is 0 Å². The second-order valence-corrected chi connectivity index (χ2v) is 3.83. The Hall–Kier alpha value is -0.900. The number of carboxylic acid groups (broad SMARTS) is 1. The fourth-order valence-electron chi connectivity index (χ4n) is 1.50. The van der Waals surface area contributed by atoms with Crippen molar-refractivity contribution in [2.24, 2.45) is 0 Å². The van der Waals surface area contributed by atoms with Crippen LogP contribution < -0.4 is 0 Å². The molecule has 4 heteroatoms. The molecule has 0 heterocycles. The van der Waals surface area contributed by atoms with E-state index in [-0.39, 0.29) is 24.7 Å². The Morgan fingerprint density at radius 3 is 2.13 bits per heavy atom. The minimum Gasteiger partial charge on any atom is -0.479 e. The Kier molecular flexibility index (Phi) is 5.50. The van der Waals surface area contributed by atoms with Crippen molar-refractivity contribution in [3.8, 4) is 0 Å². The van der Waals surface area contributed by atoms with Gasteiger partial charge in [0.05, 0.1) is 6.10 Å². The molecule has 0 amide bonds. The van der Waals surface area contributed by atoms with Crippen LogP contribution in [0.15, 0.2) is 0 Å². The highest BCUT2D eigenvalue weighted by molar-refractivity contribution is 6.06. The normalized spacial score (nSPS) is 15.0. The second kappa shape index (κ2) is 5.85. The minimum absolute atomic E-state index is 0.166. The Balaban J connectivity index is 4.96. The zero-order chi connectivity index (χ0) is 12.1. The summed E-state index contributed by atoms with van der Waals surface area (Å²) in [6.07, 6.45) is 0.767. The van der Waals surface area contributed by atoms with E-state index in [1.807, 2.05) is 6.92 Å². The smallest absolute Gasteiger partial charge is 0.343 e. The molecule has 0 radical (unpaired) electrons. The number of aliphatic carboxylic acids is 1. The number of hydrogen-bond acceptors (Lipinski definition) is 3. The number of ketones is 1. The maximum Gasteiger partial charge on any atom is 0.343 e. The Morgan fingerprint density at radius 1 is 1.33 bits per heavy atom. The number of ether oxygens (including phenoxy) is 1. The van der Waals surface area contributed by atoms with Crippen molar-refractivity contribution in [2.45, 2.75) is 58.7 Å². The summed E-state index contributed by atoms with van der Waals surface area (Å²) >= 11 is 0. The molecule has 0 saturated heterocycles. The molecule has 0 rings (SSSR count). The van der Waals surface area contributed by atoms with Crippen molar-refractivity contribution >= 4 is 11.8 Å². The summed E-state index contributed by atoms with van der Waals surface area (Å²) in [5, 5.41) is 9.12. The molecule has 0 spiro atoms. The minimum atomic E-state index is -1.65. The first kappa shape index (κ1) is 14.1. The van der Waals surface area contributed by atoms with Gasteiger partial charge in [-0.15, -0.1) is 0 Å². The van der Waals surface area contributed by atoms with Gasteiger partial charge in [0, 0.05) is 6.42 Å². The lowest BCUT2D eigenvalue weighted by molar-refractivity contribution is -0.178. The van der Waals surface area contributed by atoms with E-state index in [9.17, 15) is 9.59 Å². The van der Waals surface area contributed by atoms with Crippen LogP contribution in [0.5, 0.6) is 0 Å². The molecule has 0 bridgehead atoms. The van der Waals surface area contributed by atoms with Gasteiger partial charge in [-0.25, -0.2) is 4.79 Å². The van der Waals surface area contributed by atoms with Gasteiger partial charge < -0.3 is 9.84 Å².